The molecule has 5 heterocycles. The third-order valence-electron chi connectivity index (χ3n) is 10.7. The third kappa shape index (κ3) is 6.80. The first-order chi connectivity index (χ1) is 23.3. The van der Waals surface area contributed by atoms with Crippen LogP contribution in [0, 0.1) is 12.3 Å². The largest absolute Gasteiger partial charge is 0.416 e. The van der Waals surface area contributed by atoms with Gasteiger partial charge < -0.3 is 10.2 Å². The highest BCUT2D eigenvalue weighted by molar-refractivity contribution is 7.88. The van der Waals surface area contributed by atoms with Crippen molar-refractivity contribution >= 4 is 20.9 Å². The zero-order valence-electron chi connectivity index (χ0n) is 27.9. The SMILES string of the molecule is Cc1nc2ccccc2c(=O)n1Cc1cc(-c2nn(CCCN3CCC4(CCNC4)CC3)c3c2CN(S(C)(=O)=O)CC3)ccc1C(F)(F)F. The van der Waals surface area contributed by atoms with Crippen LogP contribution < -0.4 is 10.9 Å². The van der Waals surface area contributed by atoms with E-state index in [9.17, 15) is 26.4 Å². The van der Waals surface area contributed by atoms with Crippen LogP contribution in [-0.4, -0.2) is 82.5 Å². The number of fused-ring (bicyclic) bond motifs is 2. The van der Waals surface area contributed by atoms with Crippen LogP contribution in [0.25, 0.3) is 22.2 Å². The van der Waals surface area contributed by atoms with Gasteiger partial charge in [-0.05, 0) is 94.0 Å². The predicted octanol–water partition coefficient (Wildman–Crippen LogP) is 4.42. The van der Waals surface area contributed by atoms with E-state index in [0.717, 1.165) is 50.9 Å². The number of para-hydroxylation sites is 1. The Hall–Kier alpha value is -3.59. The summed E-state index contributed by atoms with van der Waals surface area (Å²) >= 11 is 0. The van der Waals surface area contributed by atoms with Gasteiger partial charge in [0.2, 0.25) is 10.0 Å². The third-order valence-corrected chi connectivity index (χ3v) is 12.0. The molecule has 2 aromatic heterocycles. The number of benzene rings is 2. The molecule has 3 aliphatic heterocycles. The highest BCUT2D eigenvalue weighted by atomic mass is 32.2. The molecular formula is C35H42F3N7O3S. The number of nitrogens with zero attached hydrogens (tertiary/aromatic N) is 6. The Labute approximate surface area is 284 Å². The number of halogens is 3. The first kappa shape index (κ1) is 33.9. The average molecular weight is 698 g/mol. The lowest BCUT2D eigenvalue weighted by Gasteiger charge is -2.38. The van der Waals surface area contributed by atoms with Crippen molar-refractivity contribution in [2.45, 2.75) is 64.8 Å². The highest BCUT2D eigenvalue weighted by Gasteiger charge is 2.37. The summed E-state index contributed by atoms with van der Waals surface area (Å²) < 4.78 is 72.9. The van der Waals surface area contributed by atoms with Crippen molar-refractivity contribution in [2.24, 2.45) is 5.41 Å². The molecule has 2 saturated heterocycles. The molecule has 14 heteroatoms. The van der Waals surface area contributed by atoms with Gasteiger partial charge in [-0.25, -0.2) is 13.4 Å². The van der Waals surface area contributed by atoms with Gasteiger partial charge in [-0.15, -0.1) is 0 Å². The molecule has 2 fully saturated rings. The van der Waals surface area contributed by atoms with Crippen molar-refractivity contribution in [3.05, 3.63) is 81.0 Å². The normalized spacial score (nSPS) is 18.8. The molecule has 0 unspecified atom stereocenters. The van der Waals surface area contributed by atoms with Crippen molar-refractivity contribution in [1.82, 2.24) is 33.9 Å². The summed E-state index contributed by atoms with van der Waals surface area (Å²) in [6.07, 6.45) is 1.45. The second-order valence-electron chi connectivity index (χ2n) is 13.9. The van der Waals surface area contributed by atoms with Gasteiger partial charge >= 0.3 is 6.18 Å². The molecule has 0 aliphatic carbocycles. The fraction of sp³-hybridized carbons (Fsp3) is 0.514. The topological polar surface area (TPSA) is 105 Å². The van der Waals surface area contributed by atoms with E-state index >= 15 is 0 Å². The molecule has 2 aromatic carbocycles. The molecule has 0 amide bonds. The number of rotatable bonds is 8. The molecule has 1 spiro atoms. The molecule has 0 atom stereocenters. The Bertz CT molecular complexity index is 2040. The number of hydrogen-bond donors (Lipinski definition) is 1. The number of aromatic nitrogens is 4. The van der Waals surface area contributed by atoms with Crippen molar-refractivity contribution < 1.29 is 21.6 Å². The van der Waals surface area contributed by atoms with E-state index in [4.69, 9.17) is 5.10 Å². The molecule has 3 aliphatic rings. The molecule has 1 N–H and O–H groups in total. The first-order valence-electron chi connectivity index (χ1n) is 16.9. The van der Waals surface area contributed by atoms with Gasteiger partial charge in [0, 0.05) is 49.4 Å². The van der Waals surface area contributed by atoms with E-state index in [1.54, 1.807) is 31.2 Å². The van der Waals surface area contributed by atoms with Crippen LogP contribution in [0.1, 0.15) is 53.9 Å². The molecule has 4 aromatic rings. The number of hydrogen-bond acceptors (Lipinski definition) is 7. The molecule has 0 radical (unpaired) electrons. The lowest BCUT2D eigenvalue weighted by molar-refractivity contribution is -0.138. The highest BCUT2D eigenvalue weighted by Crippen LogP contribution is 2.38. The Kier molecular flexibility index (Phi) is 8.95. The smallest absolute Gasteiger partial charge is 0.316 e. The summed E-state index contributed by atoms with van der Waals surface area (Å²) in [5.41, 5.74) is 2.09. The fourth-order valence-corrected chi connectivity index (χ4v) is 8.65. The van der Waals surface area contributed by atoms with Crippen LogP contribution in [0.2, 0.25) is 0 Å². The Morgan fingerprint density at radius 3 is 2.51 bits per heavy atom. The summed E-state index contributed by atoms with van der Waals surface area (Å²) in [5, 5.41) is 8.78. The molecular weight excluding hydrogens is 655 g/mol. The standard InChI is InChI=1S/C35H42F3N7O3S/c1-24-40-30-7-4-3-6-27(30)33(46)44(24)21-26-20-25(8-9-29(26)35(36,37)38)32-28-22-43(49(2,47)48)17-10-31(28)45(41-32)16-5-15-42-18-12-34(13-19-42)11-14-39-23-34/h3-4,6-9,20,39H,5,10-19,21-23H2,1-2H3. The van der Waals surface area contributed by atoms with Crippen LogP contribution in [0.5, 0.6) is 0 Å². The average Bonchev–Trinajstić information content (AvgIpc) is 3.67. The van der Waals surface area contributed by atoms with Gasteiger partial charge in [0.25, 0.3) is 5.56 Å². The second-order valence-corrected chi connectivity index (χ2v) is 15.9. The lowest BCUT2D eigenvalue weighted by Crippen LogP contribution is -2.41. The lowest BCUT2D eigenvalue weighted by atomic mass is 9.78. The van der Waals surface area contributed by atoms with Gasteiger partial charge in [0.05, 0.1) is 35.0 Å². The number of piperidine rings is 1. The van der Waals surface area contributed by atoms with Gasteiger partial charge in [-0.2, -0.15) is 22.6 Å². The number of alkyl halides is 3. The van der Waals surface area contributed by atoms with E-state index in [1.807, 2.05) is 4.68 Å². The van der Waals surface area contributed by atoms with E-state index in [2.05, 4.69) is 15.2 Å². The van der Waals surface area contributed by atoms with Crippen LogP contribution in [0.15, 0.2) is 47.3 Å². The Morgan fingerprint density at radius 1 is 1.02 bits per heavy atom. The maximum absolute atomic E-state index is 14.4. The van der Waals surface area contributed by atoms with E-state index in [1.165, 1.54) is 46.5 Å². The number of nitrogens with one attached hydrogen (secondary N) is 1. The summed E-state index contributed by atoms with van der Waals surface area (Å²) in [4.78, 5) is 20.4. The van der Waals surface area contributed by atoms with Crippen LogP contribution in [-0.2, 0) is 42.3 Å². The number of likely N-dealkylation sites (tertiary alicyclic amines) is 1. The Balaban J connectivity index is 1.21. The van der Waals surface area contributed by atoms with Gasteiger partial charge in [0.15, 0.2) is 0 Å². The zero-order chi connectivity index (χ0) is 34.6. The van der Waals surface area contributed by atoms with Crippen molar-refractivity contribution in [3.8, 4) is 11.3 Å². The summed E-state index contributed by atoms with van der Waals surface area (Å²) in [7, 11) is -3.51. The molecule has 0 saturated carbocycles. The van der Waals surface area contributed by atoms with Crippen LogP contribution in [0.4, 0.5) is 13.2 Å². The molecule has 7 rings (SSSR count). The molecule has 0 bridgehead atoms. The van der Waals surface area contributed by atoms with E-state index < -0.39 is 27.3 Å². The maximum Gasteiger partial charge on any atom is 0.416 e. The van der Waals surface area contributed by atoms with Crippen LogP contribution >= 0.6 is 0 Å². The summed E-state index contributed by atoms with van der Waals surface area (Å²) in [6, 6.07) is 10.6. The maximum atomic E-state index is 14.4. The fourth-order valence-electron chi connectivity index (χ4n) is 7.87. The minimum absolute atomic E-state index is 0.0910. The minimum Gasteiger partial charge on any atom is -0.316 e. The number of aryl methyl sites for hydroxylation is 2. The minimum atomic E-state index is -4.66. The predicted molar refractivity (Wildman–Crippen MR) is 182 cm³/mol. The van der Waals surface area contributed by atoms with Gasteiger partial charge in [0.1, 0.15) is 5.82 Å². The monoisotopic (exact) mass is 697 g/mol. The molecule has 262 valence electrons. The van der Waals surface area contributed by atoms with Gasteiger partial charge in [-0.3, -0.25) is 14.0 Å². The van der Waals surface area contributed by atoms with E-state index in [0.29, 0.717) is 58.5 Å². The Morgan fingerprint density at radius 2 is 1.80 bits per heavy atom. The quantitative estimate of drug-likeness (QED) is 0.291. The molecule has 49 heavy (non-hydrogen) atoms. The van der Waals surface area contributed by atoms with Crippen LogP contribution in [0.3, 0.4) is 0 Å². The number of sulfonamides is 1. The second kappa shape index (κ2) is 12.9. The molecule has 10 nitrogen and oxygen atoms in total. The summed E-state index contributed by atoms with van der Waals surface area (Å²) in [5.74, 6) is 0.302. The zero-order valence-corrected chi connectivity index (χ0v) is 28.7. The van der Waals surface area contributed by atoms with Crippen molar-refractivity contribution in [2.75, 3.05) is 45.5 Å². The first-order valence-corrected chi connectivity index (χ1v) is 18.8. The van der Waals surface area contributed by atoms with Crippen molar-refractivity contribution in [1.29, 1.82) is 0 Å². The van der Waals surface area contributed by atoms with Crippen molar-refractivity contribution in [3.63, 3.8) is 0 Å². The van der Waals surface area contributed by atoms with Gasteiger partial charge in [-0.1, -0.05) is 18.2 Å². The summed E-state index contributed by atoms with van der Waals surface area (Å²) in [6.45, 7) is 7.55. The van der Waals surface area contributed by atoms with E-state index in [-0.39, 0.29) is 18.7 Å².